The maximum atomic E-state index is 14.0. The number of halogens is 1. The average molecular weight is 686 g/mol. The van der Waals surface area contributed by atoms with Gasteiger partial charge >= 0.3 is 0 Å². The minimum absolute atomic E-state index is 0.0650. The monoisotopic (exact) mass is 685 g/mol. The standard InChI is InChI=1S/C38H36FN9O3/c39-26-5-1-4-24(16-26)30-7-3-15-46(30)35-13-12-33-41-19-32(48(33)44-35)29-6-2-8-34(42-29)45-20-23(21-45)18-40-27-9-10-28-25(17-27)22-47(38(28)51)31-11-14-36(49)43-37(31)50/h1-2,4-6,8-10,12-13,16-17,19,23,30-31,40H,3,7,11,14-15,18,20-22H2,(H,43,49,50)/t30-,31?/m1/s1. The molecule has 3 fully saturated rings. The third-order valence-corrected chi connectivity index (χ3v) is 10.5. The molecule has 0 spiro atoms. The van der Waals surface area contributed by atoms with Crippen molar-refractivity contribution in [3.63, 3.8) is 0 Å². The normalized spacial score (nSPS) is 20.6. The van der Waals surface area contributed by atoms with Crippen LogP contribution in [-0.2, 0) is 16.1 Å². The lowest BCUT2D eigenvalue weighted by Crippen LogP contribution is -2.52. The molecular weight excluding hydrogens is 649 g/mol. The van der Waals surface area contributed by atoms with Crippen molar-refractivity contribution < 1.29 is 18.8 Å². The number of nitrogens with zero attached hydrogens (tertiary/aromatic N) is 7. The number of aromatic nitrogens is 4. The number of carbonyl (C=O) groups excluding carboxylic acids is 3. The zero-order chi connectivity index (χ0) is 34.6. The van der Waals surface area contributed by atoms with E-state index in [1.165, 1.54) is 6.07 Å². The minimum atomic E-state index is -0.621. The number of pyridine rings is 1. The maximum Gasteiger partial charge on any atom is 0.255 e. The molecule has 2 aromatic carbocycles. The Kier molecular flexibility index (Phi) is 7.63. The van der Waals surface area contributed by atoms with E-state index in [4.69, 9.17) is 10.1 Å². The second kappa shape index (κ2) is 12.5. The molecule has 51 heavy (non-hydrogen) atoms. The lowest BCUT2D eigenvalue weighted by atomic mass is 9.99. The highest BCUT2D eigenvalue weighted by molar-refractivity contribution is 6.05. The first kappa shape index (κ1) is 31.2. The molecule has 4 aliphatic rings. The Morgan fingerprint density at radius 2 is 1.78 bits per heavy atom. The second-order valence-electron chi connectivity index (χ2n) is 13.8. The Morgan fingerprint density at radius 3 is 2.65 bits per heavy atom. The van der Waals surface area contributed by atoms with Gasteiger partial charge in [-0.3, -0.25) is 19.7 Å². The van der Waals surface area contributed by atoms with Crippen LogP contribution in [0.3, 0.4) is 0 Å². The first-order chi connectivity index (χ1) is 24.9. The molecule has 0 radical (unpaired) electrons. The number of hydrogen-bond acceptors (Lipinski definition) is 9. The summed E-state index contributed by atoms with van der Waals surface area (Å²) in [5, 5.41) is 10.9. The Hall–Kier alpha value is -5.85. The number of hydrogen-bond donors (Lipinski definition) is 2. The molecule has 1 unspecified atom stereocenters. The van der Waals surface area contributed by atoms with Gasteiger partial charge in [0.15, 0.2) is 5.65 Å². The van der Waals surface area contributed by atoms with Crippen molar-refractivity contribution in [1.82, 2.24) is 29.8 Å². The number of piperidine rings is 1. The van der Waals surface area contributed by atoms with E-state index in [9.17, 15) is 18.8 Å². The number of fused-ring (bicyclic) bond motifs is 2. The van der Waals surface area contributed by atoms with Crippen molar-refractivity contribution >= 4 is 40.7 Å². The van der Waals surface area contributed by atoms with Crippen LogP contribution in [0.25, 0.3) is 17.0 Å². The molecule has 3 saturated heterocycles. The number of anilines is 3. The van der Waals surface area contributed by atoms with Crippen molar-refractivity contribution in [2.45, 2.75) is 44.3 Å². The lowest BCUT2D eigenvalue weighted by Gasteiger charge is -2.40. The number of imide groups is 1. The van der Waals surface area contributed by atoms with E-state index in [0.717, 1.165) is 84.5 Å². The number of rotatable bonds is 8. The predicted molar refractivity (Wildman–Crippen MR) is 189 cm³/mol. The van der Waals surface area contributed by atoms with Crippen LogP contribution in [-0.4, -0.2) is 74.4 Å². The van der Waals surface area contributed by atoms with Gasteiger partial charge in [-0.05, 0) is 85.0 Å². The summed E-state index contributed by atoms with van der Waals surface area (Å²) in [5.41, 5.74) is 5.70. The molecule has 9 rings (SSSR count). The fourth-order valence-electron chi connectivity index (χ4n) is 7.87. The summed E-state index contributed by atoms with van der Waals surface area (Å²) < 4.78 is 15.9. The van der Waals surface area contributed by atoms with Gasteiger partial charge in [0.05, 0.1) is 17.9 Å². The summed E-state index contributed by atoms with van der Waals surface area (Å²) >= 11 is 0. The van der Waals surface area contributed by atoms with Gasteiger partial charge in [-0.15, -0.1) is 5.10 Å². The smallest absolute Gasteiger partial charge is 0.255 e. The molecule has 3 aromatic heterocycles. The largest absolute Gasteiger partial charge is 0.385 e. The Morgan fingerprint density at radius 1 is 0.902 bits per heavy atom. The molecule has 2 N–H and O–H groups in total. The van der Waals surface area contributed by atoms with E-state index in [-0.39, 0.29) is 30.1 Å². The fraction of sp³-hybridized carbons (Fsp3) is 0.316. The Bertz CT molecular complexity index is 2200. The van der Waals surface area contributed by atoms with Crippen molar-refractivity contribution in [2.24, 2.45) is 5.92 Å². The van der Waals surface area contributed by atoms with Crippen molar-refractivity contribution in [2.75, 3.05) is 41.3 Å². The fourth-order valence-corrected chi connectivity index (χ4v) is 7.87. The van der Waals surface area contributed by atoms with Gasteiger partial charge in [0.2, 0.25) is 11.8 Å². The van der Waals surface area contributed by atoms with Gasteiger partial charge in [-0.2, -0.15) is 0 Å². The maximum absolute atomic E-state index is 14.0. The number of carbonyl (C=O) groups is 3. The van der Waals surface area contributed by atoms with Crippen molar-refractivity contribution in [1.29, 1.82) is 0 Å². The summed E-state index contributed by atoms with van der Waals surface area (Å²) in [6, 6.07) is 22.0. The van der Waals surface area contributed by atoms with Crippen LogP contribution in [0, 0.1) is 11.7 Å². The van der Waals surface area contributed by atoms with Gasteiger partial charge in [0, 0.05) is 56.3 Å². The average Bonchev–Trinajstić information content (AvgIpc) is 3.85. The summed E-state index contributed by atoms with van der Waals surface area (Å²) in [6.07, 6.45) is 4.34. The molecule has 0 aliphatic carbocycles. The summed E-state index contributed by atoms with van der Waals surface area (Å²) in [5.74, 6) is 1.04. The van der Waals surface area contributed by atoms with E-state index >= 15 is 0 Å². The Balaban J connectivity index is 0.844. The zero-order valence-electron chi connectivity index (χ0n) is 27.8. The van der Waals surface area contributed by atoms with Crippen LogP contribution in [0.5, 0.6) is 0 Å². The Labute approximate surface area is 293 Å². The van der Waals surface area contributed by atoms with E-state index in [1.807, 2.05) is 65.3 Å². The highest BCUT2D eigenvalue weighted by Crippen LogP contribution is 2.36. The minimum Gasteiger partial charge on any atom is -0.385 e. The van der Waals surface area contributed by atoms with Crippen LogP contribution in [0.15, 0.2) is 79.0 Å². The van der Waals surface area contributed by atoms with Crippen molar-refractivity contribution in [3.8, 4) is 11.4 Å². The molecule has 258 valence electrons. The quantitative estimate of drug-likeness (QED) is 0.226. The number of nitrogens with one attached hydrogen (secondary N) is 2. The third kappa shape index (κ3) is 5.72. The van der Waals surface area contributed by atoms with Gasteiger partial charge < -0.3 is 20.0 Å². The van der Waals surface area contributed by atoms with Crippen LogP contribution >= 0.6 is 0 Å². The molecule has 0 bridgehead atoms. The molecular formula is C38H36FN9O3. The van der Waals surface area contributed by atoms with Crippen LogP contribution in [0.1, 0.15) is 53.2 Å². The van der Waals surface area contributed by atoms with E-state index in [1.54, 1.807) is 17.0 Å². The molecule has 0 saturated carbocycles. The molecule has 2 atom stereocenters. The lowest BCUT2D eigenvalue weighted by molar-refractivity contribution is -0.136. The predicted octanol–water partition coefficient (Wildman–Crippen LogP) is 4.58. The molecule has 4 aliphatic heterocycles. The van der Waals surface area contributed by atoms with Gasteiger partial charge in [-0.1, -0.05) is 18.2 Å². The van der Waals surface area contributed by atoms with Crippen molar-refractivity contribution in [3.05, 3.63) is 102 Å². The third-order valence-electron chi connectivity index (χ3n) is 10.5. The van der Waals surface area contributed by atoms with Crippen LogP contribution < -0.4 is 20.4 Å². The van der Waals surface area contributed by atoms with E-state index in [2.05, 4.69) is 25.4 Å². The van der Waals surface area contributed by atoms with E-state index in [0.29, 0.717) is 24.4 Å². The second-order valence-corrected chi connectivity index (χ2v) is 13.8. The topological polar surface area (TPSA) is 128 Å². The van der Waals surface area contributed by atoms with Gasteiger partial charge in [-0.25, -0.2) is 18.9 Å². The summed E-state index contributed by atoms with van der Waals surface area (Å²) in [4.78, 5) is 52.7. The van der Waals surface area contributed by atoms with Crippen LogP contribution in [0.2, 0.25) is 0 Å². The molecule has 7 heterocycles. The first-order valence-corrected chi connectivity index (χ1v) is 17.5. The highest BCUT2D eigenvalue weighted by atomic mass is 19.1. The molecule has 5 aromatic rings. The summed E-state index contributed by atoms with van der Waals surface area (Å²) in [6.45, 7) is 3.67. The van der Waals surface area contributed by atoms with Gasteiger partial charge in [0.1, 0.15) is 29.2 Å². The summed E-state index contributed by atoms with van der Waals surface area (Å²) in [7, 11) is 0. The van der Waals surface area contributed by atoms with Gasteiger partial charge in [0.25, 0.3) is 5.91 Å². The van der Waals surface area contributed by atoms with Crippen LogP contribution in [0.4, 0.5) is 21.7 Å². The first-order valence-electron chi connectivity index (χ1n) is 17.5. The SMILES string of the molecule is O=C1CCC(N2Cc3cc(NCC4CN(c5cccc(-c6cnc7ccc(N8CCC[C@@H]8c8cccc(F)c8)nn67)n5)C4)ccc3C2=O)C(=O)N1. The number of imidazole rings is 1. The molecule has 13 heteroatoms. The highest BCUT2D eigenvalue weighted by Gasteiger charge is 2.39. The number of benzene rings is 2. The van der Waals surface area contributed by atoms with E-state index < -0.39 is 11.9 Å². The molecule has 3 amide bonds. The molecule has 12 nitrogen and oxygen atoms in total. The number of amides is 3. The zero-order valence-corrected chi connectivity index (χ0v) is 27.8.